The molecule has 9 heteroatoms. The van der Waals surface area contributed by atoms with Gasteiger partial charge >= 0.3 is 5.97 Å². The summed E-state index contributed by atoms with van der Waals surface area (Å²) in [6.07, 6.45) is 4.52. The van der Waals surface area contributed by atoms with E-state index in [0.717, 1.165) is 11.0 Å². The third-order valence-electron chi connectivity index (χ3n) is 5.09. The van der Waals surface area contributed by atoms with Gasteiger partial charge in [0.05, 0.1) is 23.8 Å². The fourth-order valence-corrected chi connectivity index (χ4v) is 3.61. The number of hydrogen-bond donors (Lipinski definition) is 1. The Morgan fingerprint density at radius 3 is 2.33 bits per heavy atom. The van der Waals surface area contributed by atoms with Crippen molar-refractivity contribution in [2.45, 2.75) is 26.2 Å². The Morgan fingerprint density at radius 2 is 1.77 bits per heavy atom. The highest BCUT2D eigenvalue weighted by Crippen LogP contribution is 2.35. The number of nitrogens with one attached hydrogen (secondary N) is 1. The van der Waals surface area contributed by atoms with E-state index in [1.54, 1.807) is 0 Å². The summed E-state index contributed by atoms with van der Waals surface area (Å²) in [5.41, 5.74) is -0.0809. The summed E-state index contributed by atoms with van der Waals surface area (Å²) < 4.78 is 18.9. The number of allylic oxidation sites excluding steroid dienone is 2. The summed E-state index contributed by atoms with van der Waals surface area (Å²) in [7, 11) is 0. The van der Waals surface area contributed by atoms with Crippen molar-refractivity contribution in [2.24, 2.45) is 11.8 Å². The van der Waals surface area contributed by atoms with Gasteiger partial charge in [-0.25, -0.2) is 4.39 Å². The van der Waals surface area contributed by atoms with Crippen molar-refractivity contribution in [1.29, 1.82) is 0 Å². The second kappa shape index (κ2) is 8.98. The molecule has 0 saturated carbocycles. The topological polar surface area (TPSA) is 110 Å². The lowest BCUT2D eigenvalue weighted by atomic mass is 9.85. The van der Waals surface area contributed by atoms with Crippen LogP contribution >= 0.6 is 0 Å². The van der Waals surface area contributed by atoms with Crippen LogP contribution in [0.1, 0.15) is 36.5 Å². The number of ketones is 1. The third kappa shape index (κ3) is 4.61. The zero-order chi connectivity index (χ0) is 21.8. The summed E-state index contributed by atoms with van der Waals surface area (Å²) in [6, 6.07) is 3.54. The fraction of sp³-hybridized carbons (Fsp3) is 0.381. The lowest BCUT2D eigenvalue weighted by molar-refractivity contribution is -0.145. The van der Waals surface area contributed by atoms with E-state index in [9.17, 15) is 28.4 Å². The van der Waals surface area contributed by atoms with Crippen molar-refractivity contribution in [3.63, 3.8) is 0 Å². The van der Waals surface area contributed by atoms with Crippen molar-refractivity contribution in [3.05, 3.63) is 41.7 Å². The van der Waals surface area contributed by atoms with Crippen LogP contribution in [0.15, 0.2) is 30.4 Å². The minimum atomic E-state index is -0.855. The molecule has 8 nitrogen and oxygen atoms in total. The normalized spacial score (nSPS) is 20.1. The van der Waals surface area contributed by atoms with Gasteiger partial charge in [-0.2, -0.15) is 0 Å². The first-order valence-corrected chi connectivity index (χ1v) is 9.54. The first-order valence-electron chi connectivity index (χ1n) is 9.54. The van der Waals surface area contributed by atoms with Crippen LogP contribution in [0.3, 0.4) is 0 Å². The Labute approximate surface area is 172 Å². The molecule has 2 aliphatic rings. The molecule has 0 aromatic heterocycles. The average Bonchev–Trinajstić information content (AvgIpc) is 2.94. The first kappa shape index (κ1) is 21.4. The molecule has 0 radical (unpaired) electrons. The maximum atomic E-state index is 14.1. The van der Waals surface area contributed by atoms with Crippen LogP contribution in [-0.4, -0.2) is 47.5 Å². The minimum absolute atomic E-state index is 0.114. The molecule has 1 aromatic rings. The maximum absolute atomic E-state index is 14.1. The predicted octanol–water partition coefficient (Wildman–Crippen LogP) is 1.85. The molecule has 3 rings (SSSR count). The molecule has 0 unspecified atom stereocenters. The number of benzene rings is 1. The van der Waals surface area contributed by atoms with E-state index in [1.165, 1.54) is 19.1 Å². The van der Waals surface area contributed by atoms with E-state index >= 15 is 0 Å². The fourth-order valence-electron chi connectivity index (χ4n) is 3.61. The highest BCUT2D eigenvalue weighted by molar-refractivity contribution is 6.05. The lowest BCUT2D eigenvalue weighted by Crippen LogP contribution is -2.33. The third-order valence-corrected chi connectivity index (χ3v) is 5.09. The first-order chi connectivity index (χ1) is 14.3. The number of amides is 3. The Balaban J connectivity index is 1.49. The number of esters is 1. The van der Waals surface area contributed by atoms with Crippen molar-refractivity contribution in [2.75, 3.05) is 18.5 Å². The van der Waals surface area contributed by atoms with Crippen LogP contribution < -0.4 is 5.32 Å². The molecule has 1 aromatic carbocycles. The smallest absolute Gasteiger partial charge is 0.308 e. The highest BCUT2D eigenvalue weighted by Gasteiger charge is 2.46. The van der Waals surface area contributed by atoms with Gasteiger partial charge in [0.2, 0.25) is 23.5 Å². The molecule has 0 spiro atoms. The molecule has 3 amide bonds. The Kier molecular flexibility index (Phi) is 6.39. The van der Waals surface area contributed by atoms with E-state index in [0.29, 0.717) is 12.8 Å². The standard InChI is InChI=1S/C21H21FN2O6/c1-12(25)23-13-6-7-16(17(22)10-13)18(26)11-30-19(27)8-9-24-20(28)14-4-2-3-5-15(14)21(24)29/h2-3,6-7,10,14-15H,4-5,8-9,11H2,1H3,(H,23,25)/t14-,15-/m0/s1. The SMILES string of the molecule is CC(=O)Nc1ccc(C(=O)COC(=O)CCN2C(=O)[C@H]3CC=CC[C@@H]3C2=O)c(F)c1. The number of likely N-dealkylation sites (tertiary alicyclic amines) is 1. The molecule has 1 N–H and O–H groups in total. The summed E-state index contributed by atoms with van der Waals surface area (Å²) in [5.74, 6) is -4.08. The molecule has 158 valence electrons. The van der Waals surface area contributed by atoms with Crippen molar-refractivity contribution in [1.82, 2.24) is 4.90 Å². The summed E-state index contributed by atoms with van der Waals surface area (Å²) >= 11 is 0. The van der Waals surface area contributed by atoms with E-state index in [-0.39, 0.29) is 53.8 Å². The summed E-state index contributed by atoms with van der Waals surface area (Å²) in [5, 5.41) is 2.39. The quantitative estimate of drug-likeness (QED) is 0.314. The van der Waals surface area contributed by atoms with Gasteiger partial charge < -0.3 is 10.1 Å². The molecule has 1 aliphatic heterocycles. The Morgan fingerprint density at radius 1 is 1.13 bits per heavy atom. The molecule has 2 atom stereocenters. The second-order valence-corrected chi connectivity index (χ2v) is 7.19. The number of nitrogens with zero attached hydrogens (tertiary/aromatic N) is 1. The number of ether oxygens (including phenoxy) is 1. The molecule has 1 fully saturated rings. The van der Waals surface area contributed by atoms with E-state index < -0.39 is 24.2 Å². The van der Waals surface area contributed by atoms with Crippen molar-refractivity contribution in [3.8, 4) is 0 Å². The summed E-state index contributed by atoms with van der Waals surface area (Å²) in [6.45, 7) is 0.480. The number of rotatable bonds is 7. The van der Waals surface area contributed by atoms with Gasteiger partial charge in [-0.05, 0) is 31.0 Å². The number of Topliss-reactive ketones (excluding diaryl/α,β-unsaturated/α-hetero) is 1. The number of halogens is 1. The lowest BCUT2D eigenvalue weighted by Gasteiger charge is -2.14. The van der Waals surface area contributed by atoms with Crippen LogP contribution in [0.25, 0.3) is 0 Å². The molecule has 1 saturated heterocycles. The number of anilines is 1. The number of carbonyl (C=O) groups excluding carboxylic acids is 5. The number of imide groups is 1. The Hall–Kier alpha value is -3.36. The van der Waals surface area contributed by atoms with Crippen LogP contribution in [0.4, 0.5) is 10.1 Å². The van der Waals surface area contributed by atoms with Crippen LogP contribution in [0.2, 0.25) is 0 Å². The van der Waals surface area contributed by atoms with Gasteiger partial charge in [-0.3, -0.25) is 28.9 Å². The van der Waals surface area contributed by atoms with E-state index in [1.807, 2.05) is 12.2 Å². The zero-order valence-corrected chi connectivity index (χ0v) is 16.4. The molecular formula is C21H21FN2O6. The monoisotopic (exact) mass is 416 g/mol. The minimum Gasteiger partial charge on any atom is -0.457 e. The van der Waals surface area contributed by atoms with Crippen LogP contribution in [0.5, 0.6) is 0 Å². The second-order valence-electron chi connectivity index (χ2n) is 7.19. The molecule has 30 heavy (non-hydrogen) atoms. The zero-order valence-electron chi connectivity index (χ0n) is 16.4. The van der Waals surface area contributed by atoms with E-state index in [2.05, 4.69) is 5.32 Å². The average molecular weight is 416 g/mol. The molecular weight excluding hydrogens is 395 g/mol. The van der Waals surface area contributed by atoms with Gasteiger partial charge in [0.1, 0.15) is 5.82 Å². The predicted molar refractivity (Wildman–Crippen MR) is 103 cm³/mol. The van der Waals surface area contributed by atoms with Gasteiger partial charge in [0, 0.05) is 19.2 Å². The van der Waals surface area contributed by atoms with Crippen LogP contribution in [0, 0.1) is 17.7 Å². The van der Waals surface area contributed by atoms with Gasteiger partial charge in [0.15, 0.2) is 6.61 Å². The maximum Gasteiger partial charge on any atom is 0.308 e. The van der Waals surface area contributed by atoms with Gasteiger partial charge in [-0.15, -0.1) is 0 Å². The highest BCUT2D eigenvalue weighted by atomic mass is 19.1. The molecule has 1 heterocycles. The Bertz CT molecular complexity index is 915. The van der Waals surface area contributed by atoms with E-state index in [4.69, 9.17) is 4.74 Å². The number of hydrogen-bond acceptors (Lipinski definition) is 6. The summed E-state index contributed by atoms with van der Waals surface area (Å²) in [4.78, 5) is 60.8. The molecule has 0 bridgehead atoms. The molecule has 1 aliphatic carbocycles. The van der Waals surface area contributed by atoms with Gasteiger partial charge in [-0.1, -0.05) is 12.2 Å². The van der Waals surface area contributed by atoms with Gasteiger partial charge in [0.25, 0.3) is 0 Å². The largest absolute Gasteiger partial charge is 0.457 e. The number of carbonyl (C=O) groups is 5. The van der Waals surface area contributed by atoms with Crippen molar-refractivity contribution < 1.29 is 33.1 Å². The van der Waals surface area contributed by atoms with Crippen molar-refractivity contribution >= 4 is 35.2 Å². The number of fused-ring (bicyclic) bond motifs is 1. The van der Waals surface area contributed by atoms with Crippen LogP contribution in [-0.2, 0) is 23.9 Å².